The fourth-order valence-corrected chi connectivity index (χ4v) is 3.60. The Bertz CT molecular complexity index is 1450. The Morgan fingerprint density at radius 2 is 1.53 bits per heavy atom. The number of nitrogens with one attached hydrogen (secondary N) is 1. The van der Waals surface area contributed by atoms with E-state index in [1.54, 1.807) is 48.5 Å². The first-order valence-corrected chi connectivity index (χ1v) is 11.0. The third-order valence-electron chi connectivity index (χ3n) is 5.44. The molecular formula is C28H24N2O6. The lowest BCUT2D eigenvalue weighted by Crippen LogP contribution is -2.17. The molecule has 0 atom stereocenters. The highest BCUT2D eigenvalue weighted by Gasteiger charge is 2.16. The summed E-state index contributed by atoms with van der Waals surface area (Å²) in [6.07, 6.45) is 1.46. The van der Waals surface area contributed by atoms with Gasteiger partial charge in [-0.3, -0.25) is 4.79 Å². The summed E-state index contributed by atoms with van der Waals surface area (Å²) in [6, 6.07) is 22.6. The Hall–Kier alpha value is -4.85. The number of amides is 1. The van der Waals surface area contributed by atoms with Crippen LogP contribution in [-0.4, -0.2) is 39.4 Å². The Labute approximate surface area is 208 Å². The van der Waals surface area contributed by atoms with Crippen molar-refractivity contribution in [3.8, 4) is 23.0 Å². The second-order valence-electron chi connectivity index (χ2n) is 7.59. The molecule has 0 aliphatic rings. The summed E-state index contributed by atoms with van der Waals surface area (Å²) in [5.41, 5.74) is 3.72. The van der Waals surface area contributed by atoms with Gasteiger partial charge in [0.15, 0.2) is 11.5 Å². The number of benzene rings is 4. The fourth-order valence-electron chi connectivity index (χ4n) is 3.60. The molecule has 0 radical (unpaired) electrons. The Morgan fingerprint density at radius 1 is 0.750 bits per heavy atom. The summed E-state index contributed by atoms with van der Waals surface area (Å²) in [4.78, 5) is 25.5. The van der Waals surface area contributed by atoms with Crippen molar-refractivity contribution in [2.45, 2.75) is 0 Å². The highest BCUT2D eigenvalue weighted by molar-refractivity contribution is 6.04. The van der Waals surface area contributed by atoms with Gasteiger partial charge in [-0.1, -0.05) is 36.4 Å². The number of hydrogen-bond acceptors (Lipinski definition) is 7. The van der Waals surface area contributed by atoms with Gasteiger partial charge in [0.05, 0.1) is 33.1 Å². The van der Waals surface area contributed by atoms with Crippen molar-refractivity contribution in [3.63, 3.8) is 0 Å². The normalized spacial score (nSPS) is 10.8. The molecule has 0 aliphatic heterocycles. The molecule has 4 rings (SSSR count). The third kappa shape index (κ3) is 5.28. The number of hydrazone groups is 1. The van der Waals surface area contributed by atoms with Gasteiger partial charge in [-0.05, 0) is 53.2 Å². The molecule has 0 aliphatic carbocycles. The van der Waals surface area contributed by atoms with Gasteiger partial charge in [0.1, 0.15) is 11.5 Å². The lowest BCUT2D eigenvalue weighted by atomic mass is 10.0. The first kappa shape index (κ1) is 24.3. The van der Waals surface area contributed by atoms with Gasteiger partial charge in [-0.15, -0.1) is 0 Å². The van der Waals surface area contributed by atoms with Gasteiger partial charge in [-0.2, -0.15) is 5.10 Å². The van der Waals surface area contributed by atoms with Gasteiger partial charge < -0.3 is 18.9 Å². The zero-order chi connectivity index (χ0) is 25.5. The number of methoxy groups -OCH3 is 3. The van der Waals surface area contributed by atoms with Crippen molar-refractivity contribution in [1.82, 2.24) is 5.43 Å². The van der Waals surface area contributed by atoms with Crippen LogP contribution >= 0.6 is 0 Å². The van der Waals surface area contributed by atoms with Crippen LogP contribution in [0.1, 0.15) is 26.3 Å². The number of nitrogens with zero attached hydrogens (tertiary/aromatic N) is 1. The summed E-state index contributed by atoms with van der Waals surface area (Å²) in [5, 5.41) is 5.84. The molecule has 0 spiro atoms. The highest BCUT2D eigenvalue weighted by atomic mass is 16.5. The zero-order valence-corrected chi connectivity index (χ0v) is 20.0. The number of carbonyl (C=O) groups is 2. The van der Waals surface area contributed by atoms with Crippen molar-refractivity contribution in [2.75, 3.05) is 21.3 Å². The first-order chi connectivity index (χ1) is 17.5. The smallest absolute Gasteiger partial charge is 0.343 e. The molecule has 0 bridgehead atoms. The standard InChI is InChI=1S/C28H24N2O6/c1-33-21-9-6-8-19(15-21)27(31)30-29-17-23-22-10-5-4-7-18(22)11-13-24(23)36-28(32)20-12-14-25(34-2)26(16-20)35-3/h4-17H,1-3H3,(H,30,31)/b29-17-. The molecule has 0 fully saturated rings. The van der Waals surface area contributed by atoms with Crippen LogP contribution in [0.5, 0.6) is 23.0 Å². The molecule has 0 heterocycles. The number of carbonyl (C=O) groups excluding carboxylic acids is 2. The van der Waals surface area contributed by atoms with Crippen LogP contribution < -0.4 is 24.4 Å². The Balaban J connectivity index is 1.62. The molecule has 0 unspecified atom stereocenters. The zero-order valence-electron chi connectivity index (χ0n) is 20.0. The van der Waals surface area contributed by atoms with Crippen LogP contribution in [0.2, 0.25) is 0 Å². The predicted molar refractivity (Wildman–Crippen MR) is 137 cm³/mol. The van der Waals surface area contributed by atoms with E-state index in [9.17, 15) is 9.59 Å². The van der Waals surface area contributed by atoms with Crippen molar-refractivity contribution >= 4 is 28.9 Å². The average Bonchev–Trinajstić information content (AvgIpc) is 2.93. The number of ether oxygens (including phenoxy) is 4. The van der Waals surface area contributed by atoms with Crippen LogP contribution in [0.25, 0.3) is 10.8 Å². The van der Waals surface area contributed by atoms with E-state index in [-0.39, 0.29) is 11.3 Å². The summed E-state index contributed by atoms with van der Waals surface area (Å²) in [5.74, 6) is 0.764. The summed E-state index contributed by atoms with van der Waals surface area (Å²) in [6.45, 7) is 0. The van der Waals surface area contributed by atoms with E-state index in [1.165, 1.54) is 27.5 Å². The van der Waals surface area contributed by atoms with Gasteiger partial charge in [0.25, 0.3) is 5.91 Å². The van der Waals surface area contributed by atoms with E-state index in [1.807, 2.05) is 30.3 Å². The molecule has 8 nitrogen and oxygen atoms in total. The number of rotatable bonds is 8. The maximum atomic E-state index is 13.0. The highest BCUT2D eigenvalue weighted by Crippen LogP contribution is 2.30. The topological polar surface area (TPSA) is 95.5 Å². The van der Waals surface area contributed by atoms with Gasteiger partial charge in [0, 0.05) is 11.1 Å². The monoisotopic (exact) mass is 484 g/mol. The number of esters is 1. The largest absolute Gasteiger partial charge is 0.497 e. The van der Waals surface area contributed by atoms with Gasteiger partial charge >= 0.3 is 5.97 Å². The van der Waals surface area contributed by atoms with Crippen LogP contribution in [0.15, 0.2) is 84.0 Å². The lowest BCUT2D eigenvalue weighted by molar-refractivity contribution is 0.0734. The third-order valence-corrected chi connectivity index (χ3v) is 5.44. The van der Waals surface area contributed by atoms with Crippen molar-refractivity contribution in [2.24, 2.45) is 5.10 Å². The van der Waals surface area contributed by atoms with Gasteiger partial charge in [0.2, 0.25) is 0 Å². The maximum absolute atomic E-state index is 13.0. The maximum Gasteiger partial charge on any atom is 0.343 e. The van der Waals surface area contributed by atoms with E-state index in [0.717, 1.165) is 10.8 Å². The quantitative estimate of drug-likeness (QED) is 0.166. The van der Waals surface area contributed by atoms with E-state index in [0.29, 0.717) is 28.4 Å². The first-order valence-electron chi connectivity index (χ1n) is 11.0. The minimum absolute atomic E-state index is 0.285. The SMILES string of the molecule is COc1cccc(C(=O)N/N=C\c2c(OC(=O)c3ccc(OC)c(OC)c3)ccc3ccccc23)c1. The van der Waals surface area contributed by atoms with Crippen LogP contribution in [0, 0.1) is 0 Å². The number of hydrogen-bond donors (Lipinski definition) is 1. The molecule has 4 aromatic carbocycles. The molecule has 0 saturated carbocycles. The van der Waals surface area contributed by atoms with Crippen molar-refractivity contribution in [1.29, 1.82) is 0 Å². The Morgan fingerprint density at radius 3 is 2.31 bits per heavy atom. The summed E-state index contributed by atoms with van der Waals surface area (Å²) >= 11 is 0. The van der Waals surface area contributed by atoms with E-state index in [4.69, 9.17) is 18.9 Å². The van der Waals surface area contributed by atoms with E-state index >= 15 is 0 Å². The molecule has 0 saturated heterocycles. The molecule has 4 aromatic rings. The molecular weight excluding hydrogens is 460 g/mol. The second kappa shape index (κ2) is 11.1. The molecule has 0 aromatic heterocycles. The van der Waals surface area contributed by atoms with Crippen LogP contribution in [0.4, 0.5) is 0 Å². The molecule has 1 amide bonds. The summed E-state index contributed by atoms with van der Waals surface area (Å²) < 4.78 is 21.4. The predicted octanol–water partition coefficient (Wildman–Crippen LogP) is 4.85. The summed E-state index contributed by atoms with van der Waals surface area (Å²) in [7, 11) is 4.54. The minimum atomic E-state index is -0.582. The molecule has 8 heteroatoms. The molecule has 182 valence electrons. The van der Waals surface area contributed by atoms with Crippen LogP contribution in [-0.2, 0) is 0 Å². The fraction of sp³-hybridized carbons (Fsp3) is 0.107. The molecule has 36 heavy (non-hydrogen) atoms. The van der Waals surface area contributed by atoms with E-state index in [2.05, 4.69) is 10.5 Å². The van der Waals surface area contributed by atoms with Crippen molar-refractivity contribution < 1.29 is 28.5 Å². The second-order valence-corrected chi connectivity index (χ2v) is 7.59. The van der Waals surface area contributed by atoms with E-state index < -0.39 is 11.9 Å². The Kier molecular flexibility index (Phi) is 7.45. The minimum Gasteiger partial charge on any atom is -0.497 e. The number of fused-ring (bicyclic) bond motifs is 1. The van der Waals surface area contributed by atoms with Crippen molar-refractivity contribution in [3.05, 3.63) is 95.6 Å². The lowest BCUT2D eigenvalue weighted by Gasteiger charge is -2.12. The average molecular weight is 485 g/mol. The molecule has 1 N–H and O–H groups in total. The van der Waals surface area contributed by atoms with Crippen LogP contribution in [0.3, 0.4) is 0 Å². The van der Waals surface area contributed by atoms with Gasteiger partial charge in [-0.25, -0.2) is 10.2 Å².